The number of benzene rings is 7. The molecule has 0 fully saturated rings. The number of fused-ring (bicyclic) bond motifs is 4. The molecule has 0 amide bonds. The molecule has 0 atom stereocenters. The molecule has 3 heterocycles. The number of aromatic hydroxyl groups is 1. The second-order valence-corrected chi connectivity index (χ2v) is 29.9. The van der Waals surface area contributed by atoms with Gasteiger partial charge in [0.2, 0.25) is 0 Å². The number of pyridine rings is 1. The minimum absolute atomic E-state index is 0.118. The second-order valence-electron chi connectivity index (χ2n) is 22.7. The molecule has 346 valence electrons. The molecule has 0 aliphatic heterocycles. The van der Waals surface area contributed by atoms with Gasteiger partial charge < -0.3 is 0 Å². The van der Waals surface area contributed by atoms with Crippen LogP contribution in [0, 0.1) is 0 Å². The van der Waals surface area contributed by atoms with Crippen molar-refractivity contribution in [1.82, 2.24) is 14.5 Å². The van der Waals surface area contributed by atoms with Crippen molar-refractivity contribution >= 4 is 58.1 Å². The van der Waals surface area contributed by atoms with E-state index in [-0.39, 0.29) is 48.6 Å². The normalized spacial score (nSPS) is 13.3. The monoisotopic (exact) mass is 988 g/mol. The summed E-state index contributed by atoms with van der Waals surface area (Å²) >= 11 is -0.327. The number of hydrogen-bond acceptors (Lipinski definition) is 3. The van der Waals surface area contributed by atoms with Gasteiger partial charge in [-0.05, 0) is 5.41 Å². The Kier molecular flexibility index (Phi) is 10.5. The van der Waals surface area contributed by atoms with Crippen molar-refractivity contribution in [3.63, 3.8) is 0 Å². The van der Waals surface area contributed by atoms with Crippen molar-refractivity contribution in [2.75, 3.05) is 0 Å². The zero-order valence-electron chi connectivity index (χ0n) is 45.0. The van der Waals surface area contributed by atoms with Crippen LogP contribution in [0.1, 0.15) is 83.1 Å². The fraction of sp³-hybridized carbons (Fsp3) is 0.238. The van der Waals surface area contributed by atoms with E-state index in [0.717, 1.165) is 91.6 Å². The van der Waals surface area contributed by atoms with Gasteiger partial charge in [0.1, 0.15) is 0 Å². The van der Waals surface area contributed by atoms with Crippen LogP contribution >= 0.6 is 0 Å². The van der Waals surface area contributed by atoms with Crippen molar-refractivity contribution in [2.24, 2.45) is 0 Å². The second kappa shape index (κ2) is 17.0. The van der Waals surface area contributed by atoms with E-state index >= 15 is 0 Å². The Balaban J connectivity index is 1.35. The van der Waals surface area contributed by atoms with Crippen LogP contribution in [-0.4, -0.2) is 42.2 Å². The zero-order chi connectivity index (χ0) is 51.4. The van der Waals surface area contributed by atoms with Crippen LogP contribution in [0.4, 0.5) is 0 Å². The summed E-state index contributed by atoms with van der Waals surface area (Å²) in [5.74, 6) is 0.840. The average molecular weight is 988 g/mol. The molecule has 0 bridgehead atoms. The third-order valence-electron chi connectivity index (χ3n) is 13.4. The van der Waals surface area contributed by atoms with Crippen LogP contribution in [0.5, 0.6) is 5.75 Å². The number of aromatic nitrogens is 3. The summed E-state index contributed by atoms with van der Waals surface area (Å²) in [4.78, 5) is 10.8. The quantitative estimate of drug-likeness (QED) is 0.162. The van der Waals surface area contributed by atoms with Crippen LogP contribution in [-0.2, 0) is 16.2 Å². The summed E-state index contributed by atoms with van der Waals surface area (Å²) in [7, 11) is -2.17. The first-order valence-corrected chi connectivity index (χ1v) is 29.3. The first-order valence-electron chi connectivity index (χ1n) is 25.5. The summed E-state index contributed by atoms with van der Waals surface area (Å²) in [6.07, 6.45) is 1.87. The van der Waals surface area contributed by atoms with E-state index in [1.807, 2.05) is 36.5 Å². The van der Waals surface area contributed by atoms with Gasteiger partial charge in [-0.25, -0.2) is 0 Å². The minimum atomic E-state index is -2.17. The Hall–Kier alpha value is -6.30. The van der Waals surface area contributed by atoms with Gasteiger partial charge in [0, 0.05) is 0 Å². The number of rotatable bonds is 7. The van der Waals surface area contributed by atoms with E-state index in [9.17, 15) is 9.22 Å². The van der Waals surface area contributed by atoms with Gasteiger partial charge in [0.25, 0.3) is 0 Å². The van der Waals surface area contributed by atoms with Crippen LogP contribution < -0.4 is 5.19 Å². The summed E-state index contributed by atoms with van der Waals surface area (Å²) in [5, 5.41) is 15.0. The first-order chi connectivity index (χ1) is 33.9. The van der Waals surface area contributed by atoms with Crippen molar-refractivity contribution in [2.45, 2.75) is 98.2 Å². The SMILES string of the molecule is [2H]c1c([Si](C)(C)C)c([2H])c2[se]c3c(-c4cc(-c5ccccc5)ccn4)cc(-c4cccc5c4nc(-c4cc(C(C)(C)C)cc(C(C)(C)C)c4O)n5-c4ccc(C(C)(C)C)cc4-c4ccccc4)cc3c2c1[2H]. The van der Waals surface area contributed by atoms with E-state index in [1.165, 1.54) is 5.56 Å². The van der Waals surface area contributed by atoms with E-state index in [4.69, 9.17) is 9.97 Å². The molecule has 7 aromatic carbocycles. The van der Waals surface area contributed by atoms with Crippen molar-refractivity contribution < 1.29 is 9.22 Å². The molecule has 1 N–H and O–H groups in total. The summed E-state index contributed by atoms with van der Waals surface area (Å²) in [5.41, 5.74) is 13.5. The molecule has 3 aromatic heterocycles. The fourth-order valence-corrected chi connectivity index (χ4v) is 13.0. The molecule has 69 heavy (non-hydrogen) atoms. The topological polar surface area (TPSA) is 50.9 Å². The van der Waals surface area contributed by atoms with Gasteiger partial charge in [0.15, 0.2) is 0 Å². The van der Waals surface area contributed by atoms with Crippen LogP contribution in [0.3, 0.4) is 0 Å². The standard InChI is InChI=1S/C63H63N3OSeSi/c1-61(2,3)43-26-29-54(48(35-43)40-22-17-14-18-23-40)66-55-25-19-24-46(57(55)65-60(66)51-36-44(62(4,5)6)37-52(58(51)67)63(7,8)9)42-32-49-47-28-27-45(69(10,11)12)38-56(47)68-59(49)50(33-42)53-34-41(30-31-64-53)39-20-15-13-16-21-39/h13-38,67H,1-12H3/i27D,28D,38D. The Morgan fingerprint density at radius 2 is 1.26 bits per heavy atom. The fourth-order valence-electron chi connectivity index (χ4n) is 9.40. The van der Waals surface area contributed by atoms with Crippen molar-refractivity contribution in [3.05, 3.63) is 174 Å². The Bertz CT molecular complexity index is 3770. The van der Waals surface area contributed by atoms with Gasteiger partial charge >= 0.3 is 336 Å². The van der Waals surface area contributed by atoms with E-state index < -0.39 is 8.07 Å². The molecule has 0 unspecified atom stereocenters. The van der Waals surface area contributed by atoms with Crippen LogP contribution in [0.25, 0.3) is 92.0 Å². The maximum absolute atomic E-state index is 12.7. The Morgan fingerprint density at radius 3 is 1.93 bits per heavy atom. The first kappa shape index (κ1) is 42.8. The van der Waals surface area contributed by atoms with Gasteiger partial charge in [-0.3, -0.25) is 0 Å². The molecule has 0 spiro atoms. The predicted octanol–water partition coefficient (Wildman–Crippen LogP) is 16.3. The van der Waals surface area contributed by atoms with E-state index in [0.29, 0.717) is 22.8 Å². The van der Waals surface area contributed by atoms with Gasteiger partial charge in [0.05, 0.1) is 0 Å². The molecular weight excluding hydrogens is 922 g/mol. The van der Waals surface area contributed by atoms with Gasteiger partial charge in [-0.15, -0.1) is 0 Å². The van der Waals surface area contributed by atoms with E-state index in [2.05, 4.69) is 190 Å². The summed E-state index contributed by atoms with van der Waals surface area (Å²) in [6.45, 7) is 26.3. The Labute approximate surface area is 419 Å². The molecule has 4 nitrogen and oxygen atoms in total. The average Bonchev–Trinajstić information content (AvgIpc) is 3.92. The van der Waals surface area contributed by atoms with Crippen LogP contribution in [0.15, 0.2) is 158 Å². The van der Waals surface area contributed by atoms with E-state index in [1.54, 1.807) is 0 Å². The Morgan fingerprint density at radius 1 is 0.580 bits per heavy atom. The number of para-hydroxylation sites is 1. The molecule has 0 saturated heterocycles. The molecule has 10 aromatic rings. The number of nitrogens with zero attached hydrogens (tertiary/aromatic N) is 3. The molecule has 0 aliphatic carbocycles. The molecule has 0 aliphatic rings. The third kappa shape index (κ3) is 8.62. The summed E-state index contributed by atoms with van der Waals surface area (Å²) < 4.78 is 32.9. The van der Waals surface area contributed by atoms with Gasteiger partial charge in [-0.1, -0.05) is 80.5 Å². The van der Waals surface area contributed by atoms with Crippen molar-refractivity contribution in [1.29, 1.82) is 0 Å². The molecular formula is C63H63N3OSeSi. The number of phenolic OH excluding ortho intramolecular Hbond substituents is 1. The number of imidazole rings is 1. The molecule has 0 saturated carbocycles. The summed E-state index contributed by atoms with van der Waals surface area (Å²) in [6, 6.07) is 47.7. The van der Waals surface area contributed by atoms with Crippen LogP contribution in [0.2, 0.25) is 19.6 Å². The molecule has 10 rings (SSSR count). The number of hydrogen-bond donors (Lipinski definition) is 1. The number of phenols is 1. The molecule has 0 radical (unpaired) electrons. The zero-order valence-corrected chi connectivity index (χ0v) is 44.7. The predicted molar refractivity (Wildman–Crippen MR) is 299 cm³/mol. The molecule has 6 heteroatoms. The van der Waals surface area contributed by atoms with Crippen molar-refractivity contribution in [3.8, 4) is 67.5 Å². The van der Waals surface area contributed by atoms with Gasteiger partial charge in [-0.2, -0.15) is 0 Å². The maximum atomic E-state index is 12.7. The third-order valence-corrected chi connectivity index (χ3v) is 17.6.